The number of esters is 1. The monoisotopic (exact) mass is 593 g/mol. The van der Waals surface area contributed by atoms with Gasteiger partial charge in [0, 0.05) is 4.90 Å². The summed E-state index contributed by atoms with van der Waals surface area (Å²) >= 11 is 1.59. The summed E-state index contributed by atoms with van der Waals surface area (Å²) in [5.41, 5.74) is 1.92. The van der Waals surface area contributed by atoms with E-state index < -0.39 is 58.9 Å². The molecule has 2 aromatic rings. The topological polar surface area (TPSA) is 183 Å². The molecule has 0 heterocycles. The molecule has 0 atom stereocenters. The van der Waals surface area contributed by atoms with Crippen molar-refractivity contribution >= 4 is 35.0 Å². The van der Waals surface area contributed by atoms with Gasteiger partial charge in [0.2, 0.25) is 0 Å². The predicted octanol–water partition coefficient (Wildman–Crippen LogP) is 4.42. The minimum Gasteiger partial charge on any atom is -0.465 e. The highest BCUT2D eigenvalue weighted by Gasteiger charge is 2.37. The fourth-order valence-electron chi connectivity index (χ4n) is 4.10. The lowest BCUT2D eigenvalue weighted by Gasteiger charge is -2.29. The second kappa shape index (κ2) is 13.6. The van der Waals surface area contributed by atoms with E-state index in [0.29, 0.717) is 22.3 Å². The number of fused-ring (bicyclic) bond motifs is 1. The first-order valence-corrected chi connectivity index (χ1v) is 13.0. The summed E-state index contributed by atoms with van der Waals surface area (Å²) in [6.07, 6.45) is 3.49. The Kier molecular flexibility index (Phi) is 10.2. The maximum atomic E-state index is 14.2. The first kappa shape index (κ1) is 30.8. The Bertz CT molecular complexity index is 1350. The van der Waals surface area contributed by atoms with Crippen molar-refractivity contribution in [2.45, 2.75) is 18.2 Å². The van der Waals surface area contributed by atoms with Gasteiger partial charge in [-0.15, -0.1) is 42.1 Å². The standard InChI is InChI=1S/C25H24FN3O11S/c1-16-21(9-17-3-6-19(41-2)7-4-17)20-8-5-18(26)10-23(20)22(16)11-24(30)37-12-25(13-38-27(31)32,14-39-28(33)34)15-40-29(35)36/h3-10H,11-15H2,1-2H3/b21-9-. The van der Waals surface area contributed by atoms with Crippen molar-refractivity contribution in [2.75, 3.05) is 32.7 Å². The van der Waals surface area contributed by atoms with Gasteiger partial charge >= 0.3 is 5.97 Å². The number of carbonyl (C=O) groups is 1. The Labute approximate surface area is 236 Å². The highest BCUT2D eigenvalue weighted by atomic mass is 32.2. The molecule has 1 aliphatic carbocycles. The second-order valence-corrected chi connectivity index (χ2v) is 9.83. The van der Waals surface area contributed by atoms with Gasteiger partial charge in [0.1, 0.15) is 32.2 Å². The van der Waals surface area contributed by atoms with E-state index in [0.717, 1.165) is 16.0 Å². The van der Waals surface area contributed by atoms with Crippen molar-refractivity contribution in [1.29, 1.82) is 0 Å². The van der Waals surface area contributed by atoms with Crippen LogP contribution in [0.4, 0.5) is 4.39 Å². The molecule has 0 spiro atoms. The summed E-state index contributed by atoms with van der Waals surface area (Å²) < 4.78 is 19.5. The average Bonchev–Trinajstić information content (AvgIpc) is 3.17. The number of thioether (sulfide) groups is 1. The molecule has 2 aromatic carbocycles. The highest BCUT2D eigenvalue weighted by Crippen LogP contribution is 2.44. The Morgan fingerprint density at radius 2 is 1.46 bits per heavy atom. The van der Waals surface area contributed by atoms with Crippen molar-refractivity contribution in [3.8, 4) is 0 Å². The minimum absolute atomic E-state index is 0.372. The molecular formula is C25H24FN3O11S. The summed E-state index contributed by atoms with van der Waals surface area (Å²) in [5, 5.41) is 28.6. The van der Waals surface area contributed by atoms with E-state index >= 15 is 0 Å². The van der Waals surface area contributed by atoms with Crippen LogP contribution in [0.5, 0.6) is 0 Å². The number of rotatable bonds is 15. The number of nitrogens with zero attached hydrogens (tertiary/aromatic N) is 3. The Balaban J connectivity index is 1.87. The summed E-state index contributed by atoms with van der Waals surface area (Å²) in [6.45, 7) is -2.01. The first-order valence-electron chi connectivity index (χ1n) is 11.8. The zero-order chi connectivity index (χ0) is 30.2. The summed E-state index contributed by atoms with van der Waals surface area (Å²) in [7, 11) is 0. The van der Waals surface area contributed by atoms with Crippen molar-refractivity contribution in [2.24, 2.45) is 5.41 Å². The smallest absolute Gasteiger partial charge is 0.310 e. The second-order valence-electron chi connectivity index (χ2n) is 8.95. The molecule has 218 valence electrons. The molecule has 0 amide bonds. The van der Waals surface area contributed by atoms with Gasteiger partial charge < -0.3 is 19.2 Å². The van der Waals surface area contributed by atoms with Gasteiger partial charge in [0.05, 0.1) is 11.8 Å². The van der Waals surface area contributed by atoms with Gasteiger partial charge in [-0.05, 0) is 76.9 Å². The lowest BCUT2D eigenvalue weighted by Crippen LogP contribution is -2.43. The van der Waals surface area contributed by atoms with Crippen LogP contribution >= 0.6 is 11.8 Å². The van der Waals surface area contributed by atoms with Gasteiger partial charge in [-0.3, -0.25) is 4.79 Å². The third-order valence-electron chi connectivity index (χ3n) is 6.17. The normalized spacial score (nSPS) is 13.5. The van der Waals surface area contributed by atoms with Crippen LogP contribution in [0.15, 0.2) is 52.9 Å². The van der Waals surface area contributed by atoms with Gasteiger partial charge in [-0.1, -0.05) is 18.2 Å². The SMILES string of the molecule is CSc1ccc(/C=C2/C(C)=C(CC(=O)OCC(CO[N+](=O)[O-])(CO[N+](=O)[O-])CO[N+](=O)[O-])c3cc(F)ccc32)cc1. The van der Waals surface area contributed by atoms with E-state index in [2.05, 4.69) is 14.5 Å². The molecule has 0 aromatic heterocycles. The summed E-state index contributed by atoms with van der Waals surface area (Å²) in [6, 6.07) is 11.9. The Hall–Kier alpha value is -4.73. The average molecular weight is 594 g/mol. The molecule has 0 saturated carbocycles. The van der Waals surface area contributed by atoms with E-state index in [1.807, 2.05) is 36.6 Å². The van der Waals surface area contributed by atoms with E-state index in [1.54, 1.807) is 24.8 Å². The van der Waals surface area contributed by atoms with Crippen molar-refractivity contribution in [3.05, 3.63) is 101 Å². The largest absolute Gasteiger partial charge is 0.465 e. The Morgan fingerprint density at radius 3 is 1.98 bits per heavy atom. The molecule has 41 heavy (non-hydrogen) atoms. The van der Waals surface area contributed by atoms with Crippen LogP contribution in [0.2, 0.25) is 0 Å². The number of benzene rings is 2. The van der Waals surface area contributed by atoms with Gasteiger partial charge in [-0.2, -0.15) is 0 Å². The number of hydrogen-bond donors (Lipinski definition) is 0. The molecule has 0 fully saturated rings. The van der Waals surface area contributed by atoms with E-state index in [9.17, 15) is 39.5 Å². The van der Waals surface area contributed by atoms with Crippen LogP contribution in [0.1, 0.15) is 30.0 Å². The highest BCUT2D eigenvalue weighted by molar-refractivity contribution is 7.98. The minimum atomic E-state index is -1.99. The van der Waals surface area contributed by atoms with Crippen LogP contribution in [0.3, 0.4) is 0 Å². The fraction of sp³-hybridized carbons (Fsp3) is 0.320. The molecule has 14 nitrogen and oxygen atoms in total. The lowest BCUT2D eigenvalue weighted by molar-refractivity contribution is -0.782. The number of carbonyl (C=O) groups excluding carboxylic acids is 1. The number of ether oxygens (including phenoxy) is 1. The van der Waals surface area contributed by atoms with Crippen molar-refractivity contribution in [1.82, 2.24) is 0 Å². The zero-order valence-corrected chi connectivity index (χ0v) is 22.6. The number of allylic oxidation sites excluding steroid dienone is 2. The lowest BCUT2D eigenvalue weighted by atomic mass is 9.92. The molecule has 3 rings (SSSR count). The quantitative estimate of drug-likeness (QED) is 0.123. The molecule has 16 heteroatoms. The molecular weight excluding hydrogens is 569 g/mol. The van der Waals surface area contributed by atoms with Gasteiger partial charge in [-0.25, -0.2) is 4.39 Å². The molecule has 0 bridgehead atoms. The van der Waals surface area contributed by atoms with Crippen LogP contribution in [0, 0.1) is 41.6 Å². The third-order valence-corrected chi connectivity index (χ3v) is 6.91. The fourth-order valence-corrected chi connectivity index (χ4v) is 4.50. The van der Waals surface area contributed by atoms with E-state index in [4.69, 9.17) is 4.74 Å². The van der Waals surface area contributed by atoms with Crippen LogP contribution in [-0.2, 0) is 24.0 Å². The van der Waals surface area contributed by atoms with Crippen molar-refractivity contribution in [3.63, 3.8) is 0 Å². The molecule has 1 aliphatic rings. The molecule has 0 saturated heterocycles. The third kappa shape index (κ3) is 8.38. The number of halogens is 1. The van der Waals surface area contributed by atoms with Crippen LogP contribution in [0.25, 0.3) is 17.2 Å². The van der Waals surface area contributed by atoms with Gasteiger partial charge in [0.15, 0.2) is 0 Å². The molecule has 0 aliphatic heterocycles. The number of hydrogen-bond acceptors (Lipinski definition) is 12. The van der Waals surface area contributed by atoms with Crippen molar-refractivity contribution < 1.29 is 43.7 Å². The first-order chi connectivity index (χ1) is 19.4. The summed E-state index contributed by atoms with van der Waals surface area (Å²) in [5.74, 6) is -1.43. The molecule has 0 unspecified atom stereocenters. The maximum Gasteiger partial charge on any atom is 0.310 e. The molecule has 0 radical (unpaired) electrons. The molecule has 0 N–H and O–H groups in total. The summed E-state index contributed by atoms with van der Waals surface area (Å²) in [4.78, 5) is 59.1. The predicted molar refractivity (Wildman–Crippen MR) is 142 cm³/mol. The van der Waals surface area contributed by atoms with E-state index in [1.165, 1.54) is 12.1 Å². The van der Waals surface area contributed by atoms with E-state index in [-0.39, 0.29) is 6.42 Å². The zero-order valence-electron chi connectivity index (χ0n) is 21.8. The van der Waals surface area contributed by atoms with Crippen LogP contribution in [-0.4, -0.2) is 53.9 Å². The Morgan fingerprint density at radius 1 is 0.902 bits per heavy atom. The van der Waals surface area contributed by atoms with Gasteiger partial charge in [0.25, 0.3) is 15.3 Å². The maximum absolute atomic E-state index is 14.2. The van der Waals surface area contributed by atoms with Crippen LogP contribution < -0.4 is 0 Å².